The van der Waals surface area contributed by atoms with Gasteiger partial charge in [-0.05, 0) is 41.0 Å². The van der Waals surface area contributed by atoms with E-state index in [1.807, 2.05) is 23.7 Å². The lowest BCUT2D eigenvalue weighted by Crippen LogP contribution is -2.49. The fourth-order valence-corrected chi connectivity index (χ4v) is 6.02. The van der Waals surface area contributed by atoms with E-state index in [1.165, 1.54) is 15.9 Å². The van der Waals surface area contributed by atoms with Crippen LogP contribution in [0.5, 0.6) is 0 Å². The Morgan fingerprint density at radius 3 is 2.62 bits per heavy atom. The van der Waals surface area contributed by atoms with E-state index >= 15 is 0 Å². The molecule has 4 heterocycles. The van der Waals surface area contributed by atoms with Gasteiger partial charge in [-0.1, -0.05) is 12.1 Å². The van der Waals surface area contributed by atoms with Crippen LogP contribution in [0.3, 0.4) is 0 Å². The molecule has 13 heteroatoms. The van der Waals surface area contributed by atoms with Crippen LogP contribution in [0.15, 0.2) is 42.7 Å². The van der Waals surface area contributed by atoms with E-state index in [9.17, 15) is 26.7 Å². The van der Waals surface area contributed by atoms with Crippen LogP contribution in [0.4, 0.5) is 27.6 Å². The van der Waals surface area contributed by atoms with Gasteiger partial charge in [0.2, 0.25) is 0 Å². The van der Waals surface area contributed by atoms with E-state index in [4.69, 9.17) is 10.00 Å². The van der Waals surface area contributed by atoms with Crippen molar-refractivity contribution in [2.45, 2.75) is 43.4 Å². The fraction of sp³-hybridized carbons (Fsp3) is 0.448. The van der Waals surface area contributed by atoms with Crippen LogP contribution in [0.2, 0.25) is 0 Å². The number of alkyl halides is 5. The maximum Gasteiger partial charge on any atom is 0.416 e. The molecular formula is C29H27F5N6O2. The fourth-order valence-electron chi connectivity index (χ4n) is 6.02. The summed E-state index contributed by atoms with van der Waals surface area (Å²) >= 11 is 0. The Hall–Kier alpha value is -3.89. The molecule has 3 aromatic rings. The Kier molecular flexibility index (Phi) is 6.81. The van der Waals surface area contributed by atoms with E-state index in [0.29, 0.717) is 25.3 Å². The van der Waals surface area contributed by atoms with Crippen molar-refractivity contribution in [3.8, 4) is 6.07 Å². The first-order valence-corrected chi connectivity index (χ1v) is 13.5. The third-order valence-electron chi connectivity index (χ3n) is 8.51. The predicted molar refractivity (Wildman–Crippen MR) is 140 cm³/mol. The average Bonchev–Trinajstić information content (AvgIpc) is 3.48. The van der Waals surface area contributed by atoms with Gasteiger partial charge in [-0.15, -0.1) is 10.2 Å². The molecule has 1 aromatic heterocycles. The molecule has 2 fully saturated rings. The molecule has 2 saturated heterocycles. The number of aryl methyl sites for hydroxylation is 1. The number of piperidine rings is 1. The highest BCUT2D eigenvalue weighted by atomic mass is 19.4. The average molecular weight is 587 g/mol. The number of carbonyl (C=O) groups is 1. The zero-order valence-corrected chi connectivity index (χ0v) is 22.7. The van der Waals surface area contributed by atoms with Gasteiger partial charge in [0.15, 0.2) is 0 Å². The summed E-state index contributed by atoms with van der Waals surface area (Å²) in [5.74, 6) is -4.51. The van der Waals surface area contributed by atoms with Crippen molar-refractivity contribution in [3.05, 3.63) is 76.4 Å². The summed E-state index contributed by atoms with van der Waals surface area (Å²) < 4.78 is 78.1. The first kappa shape index (κ1) is 28.2. The van der Waals surface area contributed by atoms with Crippen LogP contribution in [-0.2, 0) is 42.9 Å². The van der Waals surface area contributed by atoms with E-state index in [0.717, 1.165) is 17.5 Å². The molecule has 6 rings (SSSR count). The number of ether oxygens (including phenoxy) is 1. The maximum atomic E-state index is 14.3. The van der Waals surface area contributed by atoms with E-state index < -0.39 is 41.3 Å². The third-order valence-corrected chi connectivity index (χ3v) is 8.51. The number of hydrogen-bond acceptors (Lipinski definition) is 6. The number of benzene rings is 2. The molecule has 42 heavy (non-hydrogen) atoms. The number of nitrogens with zero attached hydrogens (tertiary/aromatic N) is 6. The van der Waals surface area contributed by atoms with Crippen molar-refractivity contribution in [2.75, 3.05) is 31.2 Å². The van der Waals surface area contributed by atoms with Crippen molar-refractivity contribution in [2.24, 2.45) is 13.0 Å². The Labute approximate surface area is 238 Å². The maximum absolute atomic E-state index is 14.3. The molecule has 3 aliphatic rings. The second kappa shape index (κ2) is 10.1. The Morgan fingerprint density at radius 2 is 1.98 bits per heavy atom. The molecule has 3 aliphatic heterocycles. The molecule has 220 valence electrons. The monoisotopic (exact) mass is 586 g/mol. The van der Waals surface area contributed by atoms with E-state index in [1.54, 1.807) is 24.5 Å². The summed E-state index contributed by atoms with van der Waals surface area (Å²) in [6.45, 7) is 0.164. The molecule has 0 radical (unpaired) electrons. The smallest absolute Gasteiger partial charge is 0.379 e. The number of carbonyl (C=O) groups excluding carboxylic acids is 1. The number of likely N-dealkylation sites (tertiary alicyclic amines) is 1. The van der Waals surface area contributed by atoms with Crippen LogP contribution in [0.25, 0.3) is 0 Å². The van der Waals surface area contributed by atoms with Gasteiger partial charge in [0.25, 0.3) is 11.8 Å². The lowest BCUT2D eigenvalue weighted by Gasteiger charge is -2.42. The first-order valence-electron chi connectivity index (χ1n) is 13.5. The van der Waals surface area contributed by atoms with Crippen molar-refractivity contribution in [1.82, 2.24) is 19.7 Å². The molecule has 0 saturated carbocycles. The number of anilines is 1. The summed E-state index contributed by atoms with van der Waals surface area (Å²) in [4.78, 5) is 16.5. The van der Waals surface area contributed by atoms with Crippen molar-refractivity contribution in [3.63, 3.8) is 0 Å². The van der Waals surface area contributed by atoms with Crippen LogP contribution in [0.1, 0.15) is 44.9 Å². The predicted octanol–water partition coefficient (Wildman–Crippen LogP) is 4.49. The molecule has 2 aromatic carbocycles. The molecule has 1 unspecified atom stereocenters. The van der Waals surface area contributed by atoms with Crippen LogP contribution in [0, 0.1) is 17.2 Å². The molecule has 0 bridgehead atoms. The summed E-state index contributed by atoms with van der Waals surface area (Å²) in [6, 6.07) is 11.2. The Balaban J connectivity index is 1.29. The minimum atomic E-state index is -4.73. The minimum absolute atomic E-state index is 0.0647. The van der Waals surface area contributed by atoms with Crippen molar-refractivity contribution < 1.29 is 31.5 Å². The number of fused-ring (bicyclic) bond motifs is 1. The summed E-state index contributed by atoms with van der Waals surface area (Å²) in [5.41, 5.74) is -0.00361. The molecule has 0 spiro atoms. The number of aromatic nitrogens is 3. The Bertz CT molecular complexity index is 1580. The summed E-state index contributed by atoms with van der Waals surface area (Å²) in [6.07, 6.45) is -3.15. The van der Waals surface area contributed by atoms with E-state index in [-0.39, 0.29) is 42.9 Å². The number of amides is 1. The topological polar surface area (TPSA) is 87.3 Å². The second-order valence-corrected chi connectivity index (χ2v) is 11.3. The van der Waals surface area contributed by atoms with E-state index in [2.05, 4.69) is 10.2 Å². The summed E-state index contributed by atoms with van der Waals surface area (Å²) in [7, 11) is 1.84. The van der Waals surface area contributed by atoms with Crippen molar-refractivity contribution >= 4 is 11.6 Å². The van der Waals surface area contributed by atoms with Crippen LogP contribution >= 0.6 is 0 Å². The van der Waals surface area contributed by atoms with Gasteiger partial charge in [-0.3, -0.25) is 9.69 Å². The number of halogens is 5. The lowest BCUT2D eigenvalue weighted by atomic mass is 9.75. The number of hydrogen-bond donors (Lipinski definition) is 0. The number of rotatable bonds is 6. The number of nitriles is 1. The SMILES string of the molecule is Cn1cnnc1CC1(c2cccc(N3Cc4c(cc(CN5CCC(F)(F)C(C#N)C5)cc4C(F)(F)F)C3=O)c2)COC1. The van der Waals surface area contributed by atoms with Gasteiger partial charge in [-0.2, -0.15) is 18.4 Å². The quantitative estimate of drug-likeness (QED) is 0.396. The zero-order chi connectivity index (χ0) is 29.9. The standard InChI is InChI=1S/C29H27F5N6O2/c1-38-17-36-37-25(38)10-27(15-42-16-27)19-3-2-4-21(9-19)40-14-23-22(26(40)41)7-18(8-24(23)29(32,33)34)12-39-6-5-28(30,31)20(11-35)13-39/h2-4,7-9,17,20H,5-6,10,12-16H2,1H3. The first-order chi connectivity index (χ1) is 19.9. The Morgan fingerprint density at radius 1 is 1.19 bits per heavy atom. The minimum Gasteiger partial charge on any atom is -0.379 e. The zero-order valence-electron chi connectivity index (χ0n) is 22.7. The van der Waals surface area contributed by atoms with Crippen LogP contribution in [-0.4, -0.2) is 57.8 Å². The highest BCUT2D eigenvalue weighted by Gasteiger charge is 2.46. The lowest BCUT2D eigenvalue weighted by molar-refractivity contribution is -0.138. The van der Waals surface area contributed by atoms with Gasteiger partial charge in [-0.25, -0.2) is 8.78 Å². The second-order valence-electron chi connectivity index (χ2n) is 11.3. The molecule has 0 aliphatic carbocycles. The largest absolute Gasteiger partial charge is 0.416 e. The molecule has 1 amide bonds. The van der Waals surface area contributed by atoms with Gasteiger partial charge in [0, 0.05) is 56.2 Å². The molecule has 8 nitrogen and oxygen atoms in total. The highest BCUT2D eigenvalue weighted by molar-refractivity contribution is 6.10. The van der Waals surface area contributed by atoms with Gasteiger partial charge >= 0.3 is 6.18 Å². The van der Waals surface area contributed by atoms with Crippen LogP contribution < -0.4 is 4.90 Å². The molecular weight excluding hydrogens is 559 g/mol. The summed E-state index contributed by atoms with van der Waals surface area (Å²) in [5, 5.41) is 17.3. The van der Waals surface area contributed by atoms with Gasteiger partial charge in [0.1, 0.15) is 18.1 Å². The van der Waals surface area contributed by atoms with Gasteiger partial charge in [0.05, 0.1) is 31.4 Å². The van der Waals surface area contributed by atoms with Crippen molar-refractivity contribution in [1.29, 1.82) is 5.26 Å². The molecule has 1 atom stereocenters. The van der Waals surface area contributed by atoms with Gasteiger partial charge < -0.3 is 14.2 Å². The normalized spacial score (nSPS) is 21.6. The highest BCUT2D eigenvalue weighted by Crippen LogP contribution is 2.42. The molecule has 0 N–H and O–H groups in total. The third kappa shape index (κ3) is 4.92.